The van der Waals surface area contributed by atoms with Crippen LogP contribution in [0.15, 0.2) is 24.3 Å². The highest BCUT2D eigenvalue weighted by molar-refractivity contribution is 6.18. The van der Waals surface area contributed by atoms with Crippen molar-refractivity contribution in [1.82, 2.24) is 0 Å². The molecule has 0 aromatic heterocycles. The standard InChI is InChI=1S/C9H10ClFO/c10-6-8(12)5-7-3-1-2-4-9(7)11/h1-4,8,12H,5-6H2. The number of aliphatic hydroxyl groups is 1. The van der Waals surface area contributed by atoms with Gasteiger partial charge in [0.15, 0.2) is 0 Å². The van der Waals surface area contributed by atoms with Gasteiger partial charge < -0.3 is 5.11 Å². The van der Waals surface area contributed by atoms with Crippen LogP contribution in [0.2, 0.25) is 0 Å². The van der Waals surface area contributed by atoms with Gasteiger partial charge in [-0.2, -0.15) is 0 Å². The van der Waals surface area contributed by atoms with Crippen LogP contribution in [0, 0.1) is 5.82 Å². The molecule has 0 bridgehead atoms. The molecule has 1 N–H and O–H groups in total. The molecule has 0 saturated heterocycles. The van der Waals surface area contributed by atoms with Crippen molar-refractivity contribution in [3.05, 3.63) is 35.6 Å². The molecule has 0 radical (unpaired) electrons. The zero-order valence-corrected chi connectivity index (χ0v) is 7.26. The molecular formula is C9H10ClFO. The molecule has 1 aromatic carbocycles. The summed E-state index contributed by atoms with van der Waals surface area (Å²) in [7, 11) is 0. The van der Waals surface area contributed by atoms with Gasteiger partial charge in [-0.15, -0.1) is 11.6 Å². The summed E-state index contributed by atoms with van der Waals surface area (Å²) in [5.41, 5.74) is 0.505. The SMILES string of the molecule is OC(CCl)Cc1ccccc1F. The van der Waals surface area contributed by atoms with Gasteiger partial charge in [-0.1, -0.05) is 18.2 Å². The molecule has 3 heteroatoms. The van der Waals surface area contributed by atoms with E-state index in [4.69, 9.17) is 16.7 Å². The summed E-state index contributed by atoms with van der Waals surface area (Å²) in [6.07, 6.45) is -0.389. The van der Waals surface area contributed by atoms with Gasteiger partial charge in [0, 0.05) is 12.3 Å². The van der Waals surface area contributed by atoms with Crippen molar-refractivity contribution in [2.75, 3.05) is 5.88 Å². The number of benzene rings is 1. The van der Waals surface area contributed by atoms with Gasteiger partial charge in [-0.3, -0.25) is 0 Å². The van der Waals surface area contributed by atoms with Crippen LogP contribution in [0.25, 0.3) is 0 Å². The zero-order valence-electron chi connectivity index (χ0n) is 6.50. The first-order chi connectivity index (χ1) is 5.74. The maximum absolute atomic E-state index is 12.9. The predicted molar refractivity (Wildman–Crippen MR) is 46.8 cm³/mol. The molecular weight excluding hydrogens is 179 g/mol. The Hall–Kier alpha value is -0.600. The van der Waals surface area contributed by atoms with Crippen molar-refractivity contribution in [3.63, 3.8) is 0 Å². The summed E-state index contributed by atoms with van der Waals surface area (Å²) in [6.45, 7) is 0. The first-order valence-electron chi connectivity index (χ1n) is 3.71. The smallest absolute Gasteiger partial charge is 0.126 e. The summed E-state index contributed by atoms with van der Waals surface area (Å²) in [6, 6.07) is 6.37. The fourth-order valence-electron chi connectivity index (χ4n) is 0.972. The van der Waals surface area contributed by atoms with E-state index < -0.39 is 6.10 Å². The third-order valence-electron chi connectivity index (χ3n) is 1.59. The molecule has 12 heavy (non-hydrogen) atoms. The van der Waals surface area contributed by atoms with Crippen molar-refractivity contribution in [3.8, 4) is 0 Å². The lowest BCUT2D eigenvalue weighted by molar-refractivity contribution is 0.197. The van der Waals surface area contributed by atoms with Crippen molar-refractivity contribution in [1.29, 1.82) is 0 Å². The van der Waals surface area contributed by atoms with E-state index in [9.17, 15) is 4.39 Å². The lowest BCUT2D eigenvalue weighted by Gasteiger charge is -2.06. The van der Waals surface area contributed by atoms with E-state index in [2.05, 4.69) is 0 Å². The molecule has 0 aliphatic rings. The molecule has 1 unspecified atom stereocenters. The van der Waals surface area contributed by atoms with E-state index in [-0.39, 0.29) is 18.1 Å². The lowest BCUT2D eigenvalue weighted by atomic mass is 10.1. The van der Waals surface area contributed by atoms with Crippen molar-refractivity contribution >= 4 is 11.6 Å². The van der Waals surface area contributed by atoms with Crippen molar-refractivity contribution in [2.45, 2.75) is 12.5 Å². The average molecular weight is 189 g/mol. The van der Waals surface area contributed by atoms with Crippen LogP contribution >= 0.6 is 11.6 Å². The van der Waals surface area contributed by atoms with Crippen LogP contribution in [0.3, 0.4) is 0 Å². The molecule has 1 atom stereocenters. The average Bonchev–Trinajstić information content (AvgIpc) is 2.09. The Morgan fingerprint density at radius 3 is 2.67 bits per heavy atom. The Labute approximate surface area is 75.8 Å². The van der Waals surface area contributed by atoms with Crippen LogP contribution in [0.5, 0.6) is 0 Å². The highest BCUT2D eigenvalue weighted by Crippen LogP contribution is 2.09. The normalized spacial score (nSPS) is 12.9. The van der Waals surface area contributed by atoms with Gasteiger partial charge in [0.2, 0.25) is 0 Å². The van der Waals surface area contributed by atoms with Gasteiger partial charge in [-0.05, 0) is 11.6 Å². The van der Waals surface area contributed by atoms with Gasteiger partial charge in [0.05, 0.1) is 6.10 Å². The Bertz CT molecular complexity index is 252. The van der Waals surface area contributed by atoms with E-state index in [1.54, 1.807) is 18.2 Å². The molecule has 1 nitrogen and oxygen atoms in total. The summed E-state index contributed by atoms with van der Waals surface area (Å²) < 4.78 is 12.9. The summed E-state index contributed by atoms with van der Waals surface area (Å²) in [5, 5.41) is 9.14. The third kappa shape index (κ3) is 2.47. The van der Waals surface area contributed by atoms with Gasteiger partial charge >= 0.3 is 0 Å². The van der Waals surface area contributed by atoms with Crippen molar-refractivity contribution in [2.24, 2.45) is 0 Å². The third-order valence-corrected chi connectivity index (χ3v) is 1.95. The van der Waals surface area contributed by atoms with E-state index in [0.717, 1.165) is 0 Å². The first-order valence-corrected chi connectivity index (χ1v) is 4.25. The molecule has 0 spiro atoms. The molecule has 1 rings (SSSR count). The van der Waals surface area contributed by atoms with Crippen LogP contribution in [-0.4, -0.2) is 17.1 Å². The van der Waals surface area contributed by atoms with Crippen LogP contribution in [0.1, 0.15) is 5.56 Å². The molecule has 0 heterocycles. The second kappa shape index (κ2) is 4.43. The number of aliphatic hydroxyl groups excluding tert-OH is 1. The summed E-state index contributed by atoms with van der Waals surface area (Å²) in [4.78, 5) is 0. The molecule has 1 aromatic rings. The highest BCUT2D eigenvalue weighted by atomic mass is 35.5. The van der Waals surface area contributed by atoms with Gasteiger partial charge in [0.1, 0.15) is 5.82 Å². The Morgan fingerprint density at radius 2 is 2.08 bits per heavy atom. The zero-order chi connectivity index (χ0) is 8.97. The van der Waals surface area contributed by atoms with E-state index in [1.807, 2.05) is 0 Å². The summed E-state index contributed by atoms with van der Waals surface area (Å²) in [5.74, 6) is -0.157. The number of halogens is 2. The molecule has 0 amide bonds. The van der Waals surface area contributed by atoms with Crippen LogP contribution in [-0.2, 0) is 6.42 Å². The van der Waals surface area contributed by atoms with E-state index >= 15 is 0 Å². The molecule has 0 fully saturated rings. The fourth-order valence-corrected chi connectivity index (χ4v) is 1.08. The fraction of sp³-hybridized carbons (Fsp3) is 0.333. The van der Waals surface area contributed by atoms with Crippen LogP contribution in [0.4, 0.5) is 4.39 Å². The van der Waals surface area contributed by atoms with E-state index in [1.165, 1.54) is 6.07 Å². The number of rotatable bonds is 3. The molecule has 66 valence electrons. The minimum Gasteiger partial charge on any atom is -0.392 e. The molecule has 0 aliphatic carbocycles. The highest BCUT2D eigenvalue weighted by Gasteiger charge is 2.06. The maximum Gasteiger partial charge on any atom is 0.126 e. The minimum atomic E-state index is -0.663. The minimum absolute atomic E-state index is 0.133. The lowest BCUT2D eigenvalue weighted by Crippen LogP contribution is -2.12. The second-order valence-electron chi connectivity index (χ2n) is 2.60. The van der Waals surface area contributed by atoms with E-state index in [0.29, 0.717) is 5.56 Å². The van der Waals surface area contributed by atoms with Gasteiger partial charge in [-0.25, -0.2) is 4.39 Å². The maximum atomic E-state index is 12.9. The summed E-state index contributed by atoms with van der Waals surface area (Å²) >= 11 is 5.38. The Balaban J connectivity index is 2.69. The second-order valence-corrected chi connectivity index (χ2v) is 2.91. The monoisotopic (exact) mass is 188 g/mol. The molecule has 0 saturated carbocycles. The molecule has 0 aliphatic heterocycles. The quantitative estimate of drug-likeness (QED) is 0.720. The van der Waals surface area contributed by atoms with Crippen LogP contribution < -0.4 is 0 Å². The number of hydrogen-bond acceptors (Lipinski definition) is 1. The van der Waals surface area contributed by atoms with Crippen molar-refractivity contribution < 1.29 is 9.50 Å². The Kier molecular flexibility index (Phi) is 3.50. The largest absolute Gasteiger partial charge is 0.392 e. The number of hydrogen-bond donors (Lipinski definition) is 1. The number of alkyl halides is 1. The first kappa shape index (κ1) is 9.49. The Morgan fingerprint density at radius 1 is 1.42 bits per heavy atom. The van der Waals surface area contributed by atoms with Gasteiger partial charge in [0.25, 0.3) is 0 Å². The predicted octanol–water partition coefficient (Wildman–Crippen LogP) is 1.97. The topological polar surface area (TPSA) is 20.2 Å².